The number of hydrogen-bond acceptors (Lipinski definition) is 5. The van der Waals surface area contributed by atoms with E-state index in [1.165, 1.54) is 0 Å². The molecule has 0 fully saturated rings. The summed E-state index contributed by atoms with van der Waals surface area (Å²) in [5, 5.41) is 4.35. The van der Waals surface area contributed by atoms with Crippen molar-refractivity contribution in [3.05, 3.63) is 151 Å². The first-order valence-electron chi connectivity index (χ1n) is 13.0. The molecule has 0 atom stereocenters. The largest absolute Gasteiger partial charge is 2.00 e. The van der Waals surface area contributed by atoms with E-state index in [4.69, 9.17) is 4.74 Å². The third-order valence-corrected chi connectivity index (χ3v) is 6.73. The minimum atomic E-state index is -0.520. The van der Waals surface area contributed by atoms with Crippen LogP contribution >= 0.6 is 0 Å². The zero-order valence-corrected chi connectivity index (χ0v) is 24.1. The maximum absolute atomic E-state index is 6.26. The summed E-state index contributed by atoms with van der Waals surface area (Å²) in [6.07, 6.45) is 8.94. The van der Waals surface area contributed by atoms with E-state index in [1.807, 2.05) is 79.1 Å². The van der Waals surface area contributed by atoms with Gasteiger partial charge in [0, 0.05) is 41.8 Å². The van der Waals surface area contributed by atoms with Gasteiger partial charge in [-0.3, -0.25) is 4.68 Å². The van der Waals surface area contributed by atoms with Crippen molar-refractivity contribution in [2.45, 2.75) is 19.3 Å². The molecule has 41 heavy (non-hydrogen) atoms. The first kappa shape index (κ1) is 28.0. The van der Waals surface area contributed by atoms with E-state index >= 15 is 0 Å². The number of anilines is 3. The van der Waals surface area contributed by atoms with Gasteiger partial charge in [0.15, 0.2) is 0 Å². The van der Waals surface area contributed by atoms with Crippen LogP contribution in [0, 0.1) is 12.1 Å². The van der Waals surface area contributed by atoms with Crippen molar-refractivity contribution in [1.82, 2.24) is 19.7 Å². The second-order valence-electron chi connectivity index (χ2n) is 9.80. The second kappa shape index (κ2) is 12.3. The van der Waals surface area contributed by atoms with Gasteiger partial charge in [0.05, 0.1) is 0 Å². The fraction of sp³-hybridized carbons (Fsp3) is 0.0882. The molecule has 0 saturated heterocycles. The van der Waals surface area contributed by atoms with Gasteiger partial charge in [0.25, 0.3) is 0 Å². The quantitative estimate of drug-likeness (QED) is 0.127. The Morgan fingerprint density at radius 3 is 2.07 bits per heavy atom. The van der Waals surface area contributed by atoms with Crippen LogP contribution in [0.4, 0.5) is 17.1 Å². The van der Waals surface area contributed by atoms with Crippen LogP contribution in [0.3, 0.4) is 0 Å². The molecule has 0 radical (unpaired) electrons. The van der Waals surface area contributed by atoms with Crippen molar-refractivity contribution in [3.8, 4) is 17.3 Å². The van der Waals surface area contributed by atoms with Gasteiger partial charge in [-0.2, -0.15) is 5.10 Å². The number of para-hydroxylation sites is 2. The van der Waals surface area contributed by atoms with Crippen LogP contribution in [-0.4, -0.2) is 19.7 Å². The molecule has 7 heteroatoms. The monoisotopic (exact) mass is 627 g/mol. The zero-order valence-electron chi connectivity index (χ0n) is 22.6. The number of aromatic nitrogens is 4. The maximum atomic E-state index is 6.26. The van der Waals surface area contributed by atoms with Crippen molar-refractivity contribution >= 4 is 17.1 Å². The predicted molar refractivity (Wildman–Crippen MR) is 157 cm³/mol. The molecule has 0 aliphatic carbocycles. The summed E-state index contributed by atoms with van der Waals surface area (Å²) in [6.45, 7) is 4.28. The summed E-state index contributed by atoms with van der Waals surface area (Å²) in [4.78, 5) is 11.1. The van der Waals surface area contributed by atoms with E-state index in [1.54, 1.807) is 23.3 Å². The minimum absolute atomic E-state index is 0. The SMILES string of the molecule is CC(C)(c1[c-]c(-n2cccn2)cnc1)c1[c-]c(Oc2ccccn2)cc(N(c2ccccc2)c2ccccc2)c1.[Pd+2]. The van der Waals surface area contributed by atoms with Crippen molar-refractivity contribution in [3.63, 3.8) is 0 Å². The maximum Gasteiger partial charge on any atom is 2.00 e. The van der Waals surface area contributed by atoms with Crippen molar-refractivity contribution < 1.29 is 25.2 Å². The zero-order chi connectivity index (χ0) is 27.4. The first-order valence-corrected chi connectivity index (χ1v) is 13.0. The second-order valence-corrected chi connectivity index (χ2v) is 9.80. The fourth-order valence-electron chi connectivity index (χ4n) is 4.55. The Morgan fingerprint density at radius 1 is 0.732 bits per heavy atom. The van der Waals surface area contributed by atoms with Crippen LogP contribution in [0.15, 0.2) is 128 Å². The molecule has 3 aromatic carbocycles. The molecule has 0 aliphatic heterocycles. The predicted octanol–water partition coefficient (Wildman–Crippen LogP) is 7.85. The Bertz CT molecular complexity index is 1650. The van der Waals surface area contributed by atoms with E-state index in [-0.39, 0.29) is 20.4 Å². The molecular formula is C34H27N5OPd. The Hall–Kier alpha value is -4.57. The molecule has 3 heterocycles. The van der Waals surface area contributed by atoms with E-state index < -0.39 is 5.41 Å². The normalized spacial score (nSPS) is 11.0. The third kappa shape index (κ3) is 6.12. The van der Waals surface area contributed by atoms with Gasteiger partial charge >= 0.3 is 20.4 Å². The summed E-state index contributed by atoms with van der Waals surface area (Å²) >= 11 is 0. The number of ether oxygens (including phenoxy) is 1. The van der Waals surface area contributed by atoms with Crippen molar-refractivity contribution in [2.24, 2.45) is 0 Å². The average Bonchev–Trinajstić information content (AvgIpc) is 3.54. The van der Waals surface area contributed by atoms with Gasteiger partial charge in [-0.05, 0) is 47.5 Å². The number of nitrogens with zero attached hydrogens (tertiary/aromatic N) is 5. The molecule has 0 N–H and O–H groups in total. The van der Waals surface area contributed by atoms with Crippen molar-refractivity contribution in [1.29, 1.82) is 0 Å². The summed E-state index contributed by atoms with van der Waals surface area (Å²) < 4.78 is 8.02. The molecule has 0 amide bonds. The number of hydrogen-bond donors (Lipinski definition) is 0. The molecule has 0 bridgehead atoms. The fourth-order valence-corrected chi connectivity index (χ4v) is 4.55. The third-order valence-electron chi connectivity index (χ3n) is 6.73. The first-order chi connectivity index (χ1) is 19.6. The molecule has 204 valence electrons. The molecule has 6 rings (SSSR count). The van der Waals surface area contributed by atoms with E-state index in [0.717, 1.165) is 33.9 Å². The Kier molecular flexibility index (Phi) is 8.40. The van der Waals surface area contributed by atoms with Crippen LogP contribution in [0.25, 0.3) is 5.69 Å². The molecule has 6 nitrogen and oxygen atoms in total. The van der Waals surface area contributed by atoms with Crippen LogP contribution < -0.4 is 9.64 Å². The van der Waals surface area contributed by atoms with Crippen LogP contribution in [0.1, 0.15) is 25.0 Å². The Labute approximate surface area is 254 Å². The van der Waals surface area contributed by atoms with Gasteiger partial charge < -0.3 is 14.6 Å². The van der Waals surface area contributed by atoms with Gasteiger partial charge in [-0.15, -0.1) is 35.4 Å². The standard InChI is InChI=1S/C34H27N5O.Pd/c1-34(2,27-21-31(25-35-24-27)38-19-11-18-37-38)26-20-30(23-32(22-26)40-33-16-9-10-17-36-33)39(28-12-5-3-6-13-28)29-14-7-4-8-15-29;/h3-20,23-25H,1-2H3;/q-2;+2. The molecular weight excluding hydrogens is 601 g/mol. The number of benzene rings is 3. The minimum Gasteiger partial charge on any atom is -0.466 e. The summed E-state index contributed by atoms with van der Waals surface area (Å²) in [5.74, 6) is 1.06. The van der Waals surface area contributed by atoms with Gasteiger partial charge in [0.2, 0.25) is 5.88 Å². The van der Waals surface area contributed by atoms with E-state index in [9.17, 15) is 0 Å². The molecule has 0 saturated carbocycles. The number of pyridine rings is 2. The van der Waals surface area contributed by atoms with E-state index in [2.05, 4.69) is 76.3 Å². The van der Waals surface area contributed by atoms with Crippen molar-refractivity contribution in [2.75, 3.05) is 4.90 Å². The van der Waals surface area contributed by atoms with E-state index in [0.29, 0.717) is 11.6 Å². The van der Waals surface area contributed by atoms with Crippen LogP contribution in [-0.2, 0) is 25.8 Å². The van der Waals surface area contributed by atoms with Gasteiger partial charge in [0.1, 0.15) is 0 Å². The molecule has 0 unspecified atom stereocenters. The summed E-state index contributed by atoms with van der Waals surface area (Å²) in [6, 6.07) is 39.3. The summed E-state index contributed by atoms with van der Waals surface area (Å²) in [7, 11) is 0. The summed E-state index contributed by atoms with van der Waals surface area (Å²) in [5.41, 5.74) is 5.07. The average molecular weight is 628 g/mol. The molecule has 0 aliphatic rings. The Morgan fingerprint density at radius 2 is 1.44 bits per heavy atom. The molecule has 0 spiro atoms. The van der Waals surface area contributed by atoms with Gasteiger partial charge in [-0.25, -0.2) is 4.98 Å². The molecule has 6 aromatic rings. The smallest absolute Gasteiger partial charge is 0.466 e. The van der Waals surface area contributed by atoms with Crippen LogP contribution in [0.2, 0.25) is 0 Å². The number of rotatable bonds is 8. The van der Waals surface area contributed by atoms with Gasteiger partial charge in [-0.1, -0.05) is 74.4 Å². The topological polar surface area (TPSA) is 56.1 Å². The van der Waals surface area contributed by atoms with Crippen LogP contribution in [0.5, 0.6) is 11.6 Å². The Balaban J connectivity index is 0.00000337. The molecule has 3 aromatic heterocycles.